The number of hydrogen-bond donors (Lipinski definition) is 1. The van der Waals surface area contributed by atoms with Crippen LogP contribution in [0.2, 0.25) is 0 Å². The van der Waals surface area contributed by atoms with Crippen molar-refractivity contribution in [1.29, 1.82) is 0 Å². The van der Waals surface area contributed by atoms with E-state index in [1.54, 1.807) is 11.8 Å². The van der Waals surface area contributed by atoms with Gasteiger partial charge in [0.25, 0.3) is 0 Å². The summed E-state index contributed by atoms with van der Waals surface area (Å²) < 4.78 is 12.5. The van der Waals surface area contributed by atoms with E-state index in [2.05, 4.69) is 15.3 Å². The maximum atomic E-state index is 12.5. The molecule has 0 fully saturated rings. The van der Waals surface area contributed by atoms with Gasteiger partial charge in [-0.3, -0.25) is 0 Å². The third kappa shape index (κ3) is 3.04. The van der Waals surface area contributed by atoms with Crippen LogP contribution in [-0.2, 0) is 0 Å². The summed E-state index contributed by atoms with van der Waals surface area (Å²) in [6.45, 7) is 0.789. The lowest BCUT2D eigenvalue weighted by atomic mass is 10.5. The van der Waals surface area contributed by atoms with Gasteiger partial charge in [0.05, 0.1) is 0 Å². The third-order valence-corrected chi connectivity index (χ3v) is 1.86. The number of hydrogen-bond acceptors (Lipinski definition) is 4. The van der Waals surface area contributed by atoms with Crippen molar-refractivity contribution in [3.8, 4) is 0 Å². The SMILES string of the molecule is CSCCNc1cc(F)ncn1. The van der Waals surface area contributed by atoms with Crippen molar-refractivity contribution in [1.82, 2.24) is 9.97 Å². The van der Waals surface area contributed by atoms with E-state index >= 15 is 0 Å². The quantitative estimate of drug-likeness (QED) is 0.571. The molecule has 1 heterocycles. The van der Waals surface area contributed by atoms with Crippen molar-refractivity contribution in [3.05, 3.63) is 18.3 Å². The lowest BCUT2D eigenvalue weighted by molar-refractivity contribution is 0.580. The van der Waals surface area contributed by atoms with Crippen molar-refractivity contribution in [2.75, 3.05) is 23.9 Å². The van der Waals surface area contributed by atoms with Gasteiger partial charge in [0.2, 0.25) is 5.95 Å². The van der Waals surface area contributed by atoms with Gasteiger partial charge >= 0.3 is 0 Å². The number of nitrogens with one attached hydrogen (secondary N) is 1. The standard InChI is InChI=1S/C7H10FN3S/c1-12-3-2-9-7-4-6(8)10-5-11-7/h4-5H,2-3H2,1H3,(H,9,10,11). The smallest absolute Gasteiger partial charge is 0.217 e. The highest BCUT2D eigenvalue weighted by Gasteiger charge is 1.94. The molecule has 0 bridgehead atoms. The molecule has 0 spiro atoms. The molecule has 0 radical (unpaired) electrons. The minimum absolute atomic E-state index is 0.503. The second kappa shape index (κ2) is 4.92. The zero-order chi connectivity index (χ0) is 8.81. The Hall–Kier alpha value is -0.840. The van der Waals surface area contributed by atoms with Crippen molar-refractivity contribution < 1.29 is 4.39 Å². The van der Waals surface area contributed by atoms with Gasteiger partial charge in [0.1, 0.15) is 12.1 Å². The lowest BCUT2D eigenvalue weighted by Gasteiger charge is -2.02. The first-order valence-electron chi connectivity index (χ1n) is 3.53. The fraction of sp³-hybridized carbons (Fsp3) is 0.429. The Labute approximate surface area is 74.8 Å². The van der Waals surface area contributed by atoms with Crippen LogP contribution in [-0.4, -0.2) is 28.5 Å². The summed E-state index contributed by atoms with van der Waals surface area (Å²) in [6.07, 6.45) is 3.22. The third-order valence-electron chi connectivity index (χ3n) is 1.25. The van der Waals surface area contributed by atoms with Gasteiger partial charge in [-0.1, -0.05) is 0 Å². The molecule has 0 atom stereocenters. The van der Waals surface area contributed by atoms with Gasteiger partial charge in [-0.2, -0.15) is 16.2 Å². The first kappa shape index (κ1) is 9.25. The van der Waals surface area contributed by atoms with Crippen LogP contribution >= 0.6 is 11.8 Å². The normalized spacial score (nSPS) is 9.83. The summed E-state index contributed by atoms with van der Waals surface area (Å²) in [5, 5.41) is 2.97. The minimum Gasteiger partial charge on any atom is -0.369 e. The summed E-state index contributed by atoms with van der Waals surface area (Å²) >= 11 is 1.73. The molecule has 1 aromatic heterocycles. The number of thioether (sulfide) groups is 1. The molecule has 1 aromatic rings. The molecule has 1 rings (SSSR count). The van der Waals surface area contributed by atoms with Crippen LogP contribution in [0.4, 0.5) is 10.2 Å². The van der Waals surface area contributed by atoms with Crippen LogP contribution < -0.4 is 5.32 Å². The molecular formula is C7H10FN3S. The van der Waals surface area contributed by atoms with Crippen LogP contribution in [0.15, 0.2) is 12.4 Å². The van der Waals surface area contributed by atoms with Crippen molar-refractivity contribution in [2.24, 2.45) is 0 Å². The van der Waals surface area contributed by atoms with E-state index in [0.717, 1.165) is 12.3 Å². The van der Waals surface area contributed by atoms with E-state index < -0.39 is 5.95 Å². The predicted octanol–water partition coefficient (Wildman–Crippen LogP) is 1.39. The van der Waals surface area contributed by atoms with E-state index in [1.807, 2.05) is 6.26 Å². The fourth-order valence-electron chi connectivity index (χ4n) is 0.711. The van der Waals surface area contributed by atoms with Gasteiger partial charge in [-0.05, 0) is 6.26 Å². The molecule has 1 N–H and O–H groups in total. The number of aromatic nitrogens is 2. The Bertz CT molecular complexity index is 244. The van der Waals surface area contributed by atoms with Crippen LogP contribution in [0, 0.1) is 5.95 Å². The minimum atomic E-state index is -0.503. The van der Waals surface area contributed by atoms with Crippen LogP contribution in [0.5, 0.6) is 0 Å². The Morgan fingerprint density at radius 3 is 3.08 bits per heavy atom. The molecule has 0 aliphatic heterocycles. The molecule has 66 valence electrons. The molecule has 0 amide bonds. The van der Waals surface area contributed by atoms with E-state index in [4.69, 9.17) is 0 Å². The highest BCUT2D eigenvalue weighted by Crippen LogP contribution is 2.02. The van der Waals surface area contributed by atoms with Crippen molar-refractivity contribution in [3.63, 3.8) is 0 Å². The van der Waals surface area contributed by atoms with Gasteiger partial charge in [-0.25, -0.2) is 9.97 Å². The summed E-state index contributed by atoms with van der Waals surface area (Å²) in [5.74, 6) is 1.01. The molecule has 0 saturated heterocycles. The second-order valence-corrected chi connectivity index (χ2v) is 3.13. The molecule has 12 heavy (non-hydrogen) atoms. The van der Waals surface area contributed by atoms with E-state index in [0.29, 0.717) is 5.82 Å². The van der Waals surface area contributed by atoms with Crippen LogP contribution in [0.1, 0.15) is 0 Å². The number of anilines is 1. The molecular weight excluding hydrogens is 177 g/mol. The number of rotatable bonds is 4. The average Bonchev–Trinajstić information content (AvgIpc) is 2.05. The Morgan fingerprint density at radius 1 is 1.58 bits per heavy atom. The summed E-state index contributed by atoms with van der Waals surface area (Å²) in [5.41, 5.74) is 0. The van der Waals surface area contributed by atoms with Crippen LogP contribution in [0.25, 0.3) is 0 Å². The second-order valence-electron chi connectivity index (χ2n) is 2.15. The van der Waals surface area contributed by atoms with Gasteiger partial charge in [0, 0.05) is 18.4 Å². The lowest BCUT2D eigenvalue weighted by Crippen LogP contribution is -2.05. The highest BCUT2D eigenvalue weighted by atomic mass is 32.2. The monoisotopic (exact) mass is 187 g/mol. The topological polar surface area (TPSA) is 37.8 Å². The molecule has 0 aliphatic carbocycles. The number of halogens is 1. The van der Waals surface area contributed by atoms with Gasteiger partial charge < -0.3 is 5.32 Å². The van der Waals surface area contributed by atoms with E-state index in [1.165, 1.54) is 12.4 Å². The first-order valence-corrected chi connectivity index (χ1v) is 4.92. The summed E-state index contributed by atoms with van der Waals surface area (Å²) in [4.78, 5) is 7.18. The Balaban J connectivity index is 2.41. The zero-order valence-electron chi connectivity index (χ0n) is 6.75. The predicted molar refractivity (Wildman–Crippen MR) is 48.9 cm³/mol. The molecule has 0 saturated carbocycles. The molecule has 0 aliphatic rings. The summed E-state index contributed by atoms with van der Waals surface area (Å²) in [7, 11) is 0. The van der Waals surface area contributed by atoms with Crippen LogP contribution in [0.3, 0.4) is 0 Å². The van der Waals surface area contributed by atoms with Gasteiger partial charge in [-0.15, -0.1) is 0 Å². The average molecular weight is 187 g/mol. The molecule has 0 unspecified atom stereocenters. The highest BCUT2D eigenvalue weighted by molar-refractivity contribution is 7.98. The molecule has 0 aromatic carbocycles. The van der Waals surface area contributed by atoms with E-state index in [9.17, 15) is 4.39 Å². The maximum Gasteiger partial charge on any atom is 0.217 e. The Kier molecular flexibility index (Phi) is 3.79. The zero-order valence-corrected chi connectivity index (χ0v) is 7.57. The fourth-order valence-corrected chi connectivity index (χ4v) is 1.02. The van der Waals surface area contributed by atoms with Gasteiger partial charge in [0.15, 0.2) is 0 Å². The summed E-state index contributed by atoms with van der Waals surface area (Å²) in [6, 6.07) is 1.28. The first-order chi connectivity index (χ1) is 5.83. The Morgan fingerprint density at radius 2 is 2.42 bits per heavy atom. The van der Waals surface area contributed by atoms with Crippen molar-refractivity contribution >= 4 is 17.6 Å². The molecule has 5 heteroatoms. The van der Waals surface area contributed by atoms with Crippen molar-refractivity contribution in [2.45, 2.75) is 0 Å². The maximum absolute atomic E-state index is 12.5. The largest absolute Gasteiger partial charge is 0.369 e. The molecule has 3 nitrogen and oxygen atoms in total. The number of nitrogens with zero attached hydrogens (tertiary/aromatic N) is 2. The van der Waals surface area contributed by atoms with E-state index in [-0.39, 0.29) is 0 Å².